The standard InChI is InChI=1S/C28H30ClFN6O3/c1-35-8-10-36(11-9-35)12-14-38-20-3-4-21-24(6-7-31-25(21)17-20)32-27-18-26(33-34-28(27)39-15-13-37)22-16-19(29)2-5-23(22)30/h2-7,16-18,37H,8-15H2,1H3,(H,31,32,33). The molecular formula is C28H30ClFN6O3. The van der Waals surface area contributed by atoms with Crippen LogP contribution in [0.3, 0.4) is 0 Å². The third-order valence-corrected chi connectivity index (χ3v) is 6.79. The maximum absolute atomic E-state index is 14.5. The molecule has 2 aromatic carbocycles. The van der Waals surface area contributed by atoms with Gasteiger partial charge in [-0.1, -0.05) is 11.6 Å². The quantitative estimate of drug-likeness (QED) is 0.300. The number of ether oxygens (including phenoxy) is 2. The van der Waals surface area contributed by atoms with E-state index in [1.165, 1.54) is 18.2 Å². The number of halogens is 2. The average molecular weight is 553 g/mol. The Balaban J connectivity index is 1.36. The Morgan fingerprint density at radius 3 is 2.64 bits per heavy atom. The smallest absolute Gasteiger partial charge is 0.257 e. The van der Waals surface area contributed by atoms with E-state index in [1.54, 1.807) is 12.3 Å². The summed E-state index contributed by atoms with van der Waals surface area (Å²) in [4.78, 5) is 9.25. The van der Waals surface area contributed by atoms with Crippen molar-refractivity contribution in [2.75, 3.05) is 64.9 Å². The molecule has 0 atom stereocenters. The van der Waals surface area contributed by atoms with Crippen LogP contribution in [-0.4, -0.2) is 89.7 Å². The van der Waals surface area contributed by atoms with Crippen LogP contribution in [0.25, 0.3) is 22.2 Å². The van der Waals surface area contributed by atoms with Crippen LogP contribution in [0.2, 0.25) is 5.02 Å². The monoisotopic (exact) mass is 552 g/mol. The van der Waals surface area contributed by atoms with Crippen molar-refractivity contribution in [3.05, 3.63) is 65.6 Å². The van der Waals surface area contributed by atoms with Gasteiger partial charge in [-0.25, -0.2) is 4.39 Å². The number of hydrogen-bond donors (Lipinski definition) is 2. The largest absolute Gasteiger partial charge is 0.492 e. The van der Waals surface area contributed by atoms with Crippen LogP contribution in [0.1, 0.15) is 0 Å². The fourth-order valence-corrected chi connectivity index (χ4v) is 4.55. The van der Waals surface area contributed by atoms with Crippen LogP contribution in [-0.2, 0) is 0 Å². The zero-order valence-corrected chi connectivity index (χ0v) is 22.4. The summed E-state index contributed by atoms with van der Waals surface area (Å²) >= 11 is 6.09. The molecule has 9 nitrogen and oxygen atoms in total. The highest BCUT2D eigenvalue weighted by Crippen LogP contribution is 2.34. The second kappa shape index (κ2) is 12.5. The summed E-state index contributed by atoms with van der Waals surface area (Å²) in [5, 5.41) is 22.0. The van der Waals surface area contributed by atoms with Crippen LogP contribution in [0.4, 0.5) is 15.8 Å². The molecule has 0 amide bonds. The first-order chi connectivity index (χ1) is 19.0. The minimum absolute atomic E-state index is 0.0279. The molecule has 2 N–H and O–H groups in total. The predicted molar refractivity (Wildman–Crippen MR) is 149 cm³/mol. The Labute approximate surface area is 231 Å². The molecule has 3 heterocycles. The lowest BCUT2D eigenvalue weighted by molar-refractivity contribution is 0.134. The minimum atomic E-state index is -0.474. The van der Waals surface area contributed by atoms with Gasteiger partial charge in [-0.2, -0.15) is 0 Å². The third kappa shape index (κ3) is 6.72. The predicted octanol–water partition coefficient (Wildman–Crippen LogP) is 4.23. The van der Waals surface area contributed by atoms with E-state index in [0.717, 1.165) is 55.1 Å². The lowest BCUT2D eigenvalue weighted by atomic mass is 10.1. The number of aliphatic hydroxyl groups excluding tert-OH is 1. The van der Waals surface area contributed by atoms with Crippen molar-refractivity contribution in [2.24, 2.45) is 0 Å². The van der Waals surface area contributed by atoms with Crippen LogP contribution >= 0.6 is 11.6 Å². The van der Waals surface area contributed by atoms with Crippen molar-refractivity contribution in [2.45, 2.75) is 0 Å². The summed E-state index contributed by atoms with van der Waals surface area (Å²) in [5.41, 5.74) is 2.43. The highest BCUT2D eigenvalue weighted by molar-refractivity contribution is 6.30. The van der Waals surface area contributed by atoms with Crippen molar-refractivity contribution in [3.63, 3.8) is 0 Å². The highest BCUT2D eigenvalue weighted by Gasteiger charge is 2.16. The molecule has 0 bridgehead atoms. The van der Waals surface area contributed by atoms with Crippen molar-refractivity contribution >= 4 is 33.9 Å². The van der Waals surface area contributed by atoms with Gasteiger partial charge < -0.3 is 24.8 Å². The molecule has 11 heteroatoms. The van der Waals surface area contributed by atoms with Crippen molar-refractivity contribution in [3.8, 4) is 22.9 Å². The Morgan fingerprint density at radius 2 is 1.82 bits per heavy atom. The highest BCUT2D eigenvalue weighted by atomic mass is 35.5. The number of hydrogen-bond acceptors (Lipinski definition) is 9. The van der Waals surface area contributed by atoms with E-state index in [4.69, 9.17) is 21.1 Å². The maximum Gasteiger partial charge on any atom is 0.257 e. The molecule has 5 rings (SSSR count). The second-order valence-corrected chi connectivity index (χ2v) is 9.74. The Kier molecular flexibility index (Phi) is 8.67. The number of fused-ring (bicyclic) bond motifs is 1. The Bertz CT molecular complexity index is 1430. The van der Waals surface area contributed by atoms with Gasteiger partial charge >= 0.3 is 0 Å². The number of nitrogens with zero attached hydrogens (tertiary/aromatic N) is 5. The first-order valence-electron chi connectivity index (χ1n) is 12.8. The number of pyridine rings is 1. The number of anilines is 2. The van der Waals surface area contributed by atoms with Gasteiger partial charge in [0.25, 0.3) is 5.88 Å². The zero-order valence-electron chi connectivity index (χ0n) is 21.6. The maximum atomic E-state index is 14.5. The molecular weight excluding hydrogens is 523 g/mol. The number of benzene rings is 2. The number of piperazine rings is 1. The normalized spacial score (nSPS) is 14.5. The summed E-state index contributed by atoms with van der Waals surface area (Å²) in [6, 6.07) is 13.5. The fourth-order valence-electron chi connectivity index (χ4n) is 4.38. The van der Waals surface area contributed by atoms with E-state index >= 15 is 0 Å². The molecule has 1 aliphatic heterocycles. The number of likely N-dealkylation sites (N-methyl/N-ethyl adjacent to an activating group) is 1. The van der Waals surface area contributed by atoms with Gasteiger partial charge in [-0.15, -0.1) is 10.2 Å². The number of aromatic nitrogens is 3. The molecule has 1 aliphatic rings. The lowest BCUT2D eigenvalue weighted by Gasteiger charge is -2.32. The van der Waals surface area contributed by atoms with Gasteiger partial charge in [0.1, 0.15) is 30.5 Å². The molecule has 204 valence electrons. The van der Waals surface area contributed by atoms with Crippen LogP contribution < -0.4 is 14.8 Å². The van der Waals surface area contributed by atoms with Crippen molar-refractivity contribution in [1.29, 1.82) is 0 Å². The first kappa shape index (κ1) is 27.0. The van der Waals surface area contributed by atoms with Gasteiger partial charge in [0.2, 0.25) is 0 Å². The van der Waals surface area contributed by atoms with Crippen LogP contribution in [0.15, 0.2) is 54.7 Å². The molecule has 0 saturated carbocycles. The van der Waals surface area contributed by atoms with Gasteiger partial charge in [0.05, 0.1) is 17.8 Å². The van der Waals surface area contributed by atoms with Gasteiger partial charge in [-0.05, 0) is 49.5 Å². The van der Waals surface area contributed by atoms with E-state index in [-0.39, 0.29) is 30.4 Å². The molecule has 0 radical (unpaired) electrons. The van der Waals surface area contributed by atoms with Gasteiger partial charge in [-0.3, -0.25) is 9.88 Å². The number of rotatable bonds is 10. The molecule has 4 aromatic rings. The molecule has 2 aromatic heterocycles. The molecule has 1 saturated heterocycles. The molecule has 39 heavy (non-hydrogen) atoms. The summed E-state index contributed by atoms with van der Waals surface area (Å²) in [6.45, 7) is 5.56. The summed E-state index contributed by atoms with van der Waals surface area (Å²) in [6.07, 6.45) is 1.69. The van der Waals surface area contributed by atoms with Gasteiger partial charge in [0.15, 0.2) is 0 Å². The Hall–Kier alpha value is -3.57. The van der Waals surface area contributed by atoms with E-state index in [0.29, 0.717) is 17.3 Å². The SMILES string of the molecule is CN1CCN(CCOc2ccc3c(Nc4cc(-c5cc(Cl)ccc5F)nnc4OCCO)ccnc3c2)CC1. The van der Waals surface area contributed by atoms with Crippen molar-refractivity contribution < 1.29 is 19.0 Å². The Morgan fingerprint density at radius 1 is 0.974 bits per heavy atom. The third-order valence-electron chi connectivity index (χ3n) is 6.55. The van der Waals surface area contributed by atoms with E-state index in [2.05, 4.69) is 37.3 Å². The summed E-state index contributed by atoms with van der Waals surface area (Å²) < 4.78 is 26.2. The minimum Gasteiger partial charge on any atom is -0.492 e. The first-order valence-corrected chi connectivity index (χ1v) is 13.1. The molecule has 0 unspecified atom stereocenters. The van der Waals surface area contributed by atoms with E-state index in [9.17, 15) is 9.50 Å². The molecule has 0 spiro atoms. The summed E-state index contributed by atoms with van der Waals surface area (Å²) in [5.74, 6) is 0.444. The second-order valence-electron chi connectivity index (χ2n) is 9.30. The summed E-state index contributed by atoms with van der Waals surface area (Å²) in [7, 11) is 2.14. The van der Waals surface area contributed by atoms with Crippen molar-refractivity contribution in [1.82, 2.24) is 25.0 Å². The zero-order chi connectivity index (χ0) is 27.2. The van der Waals surface area contributed by atoms with E-state index < -0.39 is 5.82 Å². The van der Waals surface area contributed by atoms with E-state index in [1.807, 2.05) is 24.3 Å². The fraction of sp³-hybridized carbons (Fsp3) is 0.321. The van der Waals surface area contributed by atoms with Crippen LogP contribution in [0.5, 0.6) is 11.6 Å². The van der Waals surface area contributed by atoms with Gasteiger partial charge in [0, 0.05) is 66.6 Å². The molecule has 0 aliphatic carbocycles. The number of nitrogens with one attached hydrogen (secondary N) is 1. The molecule has 1 fully saturated rings. The lowest BCUT2D eigenvalue weighted by Crippen LogP contribution is -2.45. The van der Waals surface area contributed by atoms with Crippen LogP contribution in [0, 0.1) is 5.82 Å². The topological polar surface area (TPSA) is 95.9 Å². The number of aliphatic hydroxyl groups is 1. The average Bonchev–Trinajstić information content (AvgIpc) is 2.95.